The highest BCUT2D eigenvalue weighted by molar-refractivity contribution is 7.20. The van der Waals surface area contributed by atoms with Crippen molar-refractivity contribution in [1.82, 2.24) is 0 Å². The van der Waals surface area contributed by atoms with Crippen molar-refractivity contribution in [3.8, 4) is 5.75 Å². The van der Waals surface area contributed by atoms with Crippen molar-refractivity contribution in [1.29, 1.82) is 0 Å². The summed E-state index contributed by atoms with van der Waals surface area (Å²) >= 11 is 13.6. The van der Waals surface area contributed by atoms with E-state index in [0.717, 1.165) is 26.9 Å². The van der Waals surface area contributed by atoms with Crippen LogP contribution in [0.25, 0.3) is 0 Å². The molecule has 0 aliphatic carbocycles. The normalized spacial score (nSPS) is 12.2. The number of nitrogens with one attached hydrogen (secondary N) is 1. The van der Waals surface area contributed by atoms with Gasteiger partial charge in [-0.1, -0.05) is 23.2 Å². The first kappa shape index (κ1) is 15.5. The molecular weight excluding hydrogens is 313 g/mol. The van der Waals surface area contributed by atoms with Crippen molar-refractivity contribution in [2.75, 3.05) is 11.9 Å². The zero-order valence-corrected chi connectivity index (χ0v) is 14.0. The van der Waals surface area contributed by atoms with Gasteiger partial charge in [-0.3, -0.25) is 0 Å². The Morgan fingerprint density at radius 3 is 2.60 bits per heavy atom. The Morgan fingerprint density at radius 1 is 1.30 bits per heavy atom. The molecule has 0 spiro atoms. The van der Waals surface area contributed by atoms with Gasteiger partial charge in [-0.2, -0.15) is 0 Å². The van der Waals surface area contributed by atoms with Crippen LogP contribution < -0.4 is 10.1 Å². The van der Waals surface area contributed by atoms with Crippen LogP contribution in [-0.4, -0.2) is 6.61 Å². The minimum atomic E-state index is 0.0999. The second-order valence-corrected chi connectivity index (χ2v) is 6.84. The predicted octanol–water partition coefficient (Wildman–Crippen LogP) is 5.94. The molecule has 1 aromatic carbocycles. The molecule has 0 amide bonds. The van der Waals surface area contributed by atoms with E-state index in [-0.39, 0.29) is 6.04 Å². The first-order valence-electron chi connectivity index (χ1n) is 6.46. The average Bonchev–Trinajstić information content (AvgIpc) is 2.72. The van der Waals surface area contributed by atoms with Crippen molar-refractivity contribution in [2.24, 2.45) is 0 Å². The van der Waals surface area contributed by atoms with Gasteiger partial charge in [-0.05, 0) is 50.6 Å². The van der Waals surface area contributed by atoms with E-state index in [1.54, 1.807) is 0 Å². The van der Waals surface area contributed by atoms with Crippen LogP contribution in [0.15, 0.2) is 24.3 Å². The van der Waals surface area contributed by atoms with Gasteiger partial charge >= 0.3 is 0 Å². The van der Waals surface area contributed by atoms with Crippen molar-refractivity contribution in [3.05, 3.63) is 44.1 Å². The molecule has 0 saturated carbocycles. The maximum Gasteiger partial charge on any atom is 0.119 e. The van der Waals surface area contributed by atoms with Gasteiger partial charge in [0.2, 0.25) is 0 Å². The second-order valence-electron chi connectivity index (χ2n) is 4.56. The van der Waals surface area contributed by atoms with Crippen molar-refractivity contribution in [3.63, 3.8) is 0 Å². The van der Waals surface area contributed by atoms with Gasteiger partial charge < -0.3 is 10.1 Å². The van der Waals surface area contributed by atoms with Gasteiger partial charge in [0, 0.05) is 11.3 Å². The molecule has 0 saturated heterocycles. The highest BCUT2D eigenvalue weighted by Gasteiger charge is 2.14. The van der Waals surface area contributed by atoms with Crippen molar-refractivity contribution >= 4 is 40.2 Å². The molecule has 1 heterocycles. The summed E-state index contributed by atoms with van der Waals surface area (Å²) in [5.41, 5.74) is 3.23. The van der Waals surface area contributed by atoms with E-state index >= 15 is 0 Å². The quantitative estimate of drug-likeness (QED) is 0.733. The maximum atomic E-state index is 6.19. The van der Waals surface area contributed by atoms with Crippen molar-refractivity contribution in [2.45, 2.75) is 26.8 Å². The third kappa shape index (κ3) is 3.60. The topological polar surface area (TPSA) is 21.3 Å². The lowest BCUT2D eigenvalue weighted by molar-refractivity contribution is 0.340. The second kappa shape index (κ2) is 6.70. The van der Waals surface area contributed by atoms with Gasteiger partial charge in [0.25, 0.3) is 0 Å². The van der Waals surface area contributed by atoms with Crippen LogP contribution in [-0.2, 0) is 0 Å². The number of benzene rings is 1. The largest absolute Gasteiger partial charge is 0.494 e. The monoisotopic (exact) mass is 329 g/mol. The fraction of sp³-hybridized carbons (Fsp3) is 0.333. The summed E-state index contributed by atoms with van der Waals surface area (Å²) in [6.45, 7) is 6.78. The Kier molecular flexibility index (Phi) is 5.19. The van der Waals surface area contributed by atoms with Crippen LogP contribution in [0.4, 0.5) is 5.69 Å². The summed E-state index contributed by atoms with van der Waals surface area (Å²) in [6, 6.07) is 8.03. The molecule has 0 fully saturated rings. The van der Waals surface area contributed by atoms with E-state index in [1.807, 2.05) is 31.2 Å². The summed E-state index contributed by atoms with van der Waals surface area (Å²) < 4.78 is 6.93. The third-order valence-electron chi connectivity index (χ3n) is 3.03. The summed E-state index contributed by atoms with van der Waals surface area (Å²) in [7, 11) is 0. The number of aryl methyl sites for hydroxylation is 1. The van der Waals surface area contributed by atoms with Gasteiger partial charge in [-0.15, -0.1) is 11.3 Å². The Morgan fingerprint density at radius 2 is 2.05 bits per heavy atom. The lowest BCUT2D eigenvalue weighted by Crippen LogP contribution is -2.07. The van der Waals surface area contributed by atoms with Crippen molar-refractivity contribution < 1.29 is 4.74 Å². The summed E-state index contributed by atoms with van der Waals surface area (Å²) in [5.74, 6) is 0.889. The maximum absolute atomic E-state index is 6.19. The molecule has 2 rings (SSSR count). The van der Waals surface area contributed by atoms with Crippen LogP contribution in [0, 0.1) is 6.92 Å². The zero-order chi connectivity index (χ0) is 14.7. The molecule has 0 aliphatic rings. The minimum absolute atomic E-state index is 0.0999. The van der Waals surface area contributed by atoms with Gasteiger partial charge in [-0.25, -0.2) is 0 Å². The molecule has 1 unspecified atom stereocenters. The summed E-state index contributed by atoms with van der Waals surface area (Å²) in [6.07, 6.45) is 0. The SMILES string of the molecule is CCOc1ccc(NC(C)c2cc(Cl)sc2Cl)c(C)c1. The van der Waals surface area contributed by atoms with Gasteiger partial charge in [0.05, 0.1) is 21.3 Å². The first-order valence-corrected chi connectivity index (χ1v) is 8.03. The minimum Gasteiger partial charge on any atom is -0.494 e. The molecule has 0 aliphatic heterocycles. The molecule has 2 nitrogen and oxygen atoms in total. The van der Waals surface area contributed by atoms with E-state index in [2.05, 4.69) is 19.2 Å². The van der Waals surface area contributed by atoms with Crippen LogP contribution in [0.5, 0.6) is 5.75 Å². The third-order valence-corrected chi connectivity index (χ3v) is 4.55. The van der Waals surface area contributed by atoms with E-state index in [9.17, 15) is 0 Å². The number of thiophene rings is 1. The van der Waals surface area contributed by atoms with Crippen LogP contribution >= 0.6 is 34.5 Å². The first-order chi connectivity index (χ1) is 9.51. The smallest absolute Gasteiger partial charge is 0.119 e. The number of halogens is 2. The number of hydrogen-bond acceptors (Lipinski definition) is 3. The Bertz CT molecular complexity index is 598. The Hall–Kier alpha value is -0.900. The highest BCUT2D eigenvalue weighted by Crippen LogP contribution is 2.36. The number of rotatable bonds is 5. The molecule has 20 heavy (non-hydrogen) atoms. The fourth-order valence-corrected chi connectivity index (χ4v) is 3.66. The van der Waals surface area contributed by atoms with Crippen LogP contribution in [0.1, 0.15) is 31.0 Å². The number of hydrogen-bond donors (Lipinski definition) is 1. The summed E-state index contributed by atoms with van der Waals surface area (Å²) in [5, 5.41) is 3.46. The van der Waals surface area contributed by atoms with Crippen LogP contribution in [0.3, 0.4) is 0 Å². The molecular formula is C15H17Cl2NOS. The number of ether oxygens (including phenoxy) is 1. The molecule has 1 N–H and O–H groups in total. The Balaban J connectivity index is 2.15. The lowest BCUT2D eigenvalue weighted by Gasteiger charge is -2.17. The fourth-order valence-electron chi connectivity index (χ4n) is 2.01. The summed E-state index contributed by atoms with van der Waals surface area (Å²) in [4.78, 5) is 0. The molecule has 0 bridgehead atoms. The standard InChI is InChI=1S/C15H17Cl2NOS/c1-4-19-11-5-6-13(9(2)7-11)18-10(3)12-8-14(16)20-15(12)17/h5-8,10,18H,4H2,1-3H3. The lowest BCUT2D eigenvalue weighted by atomic mass is 10.1. The average molecular weight is 330 g/mol. The predicted molar refractivity (Wildman–Crippen MR) is 88.7 cm³/mol. The van der Waals surface area contributed by atoms with Gasteiger partial charge in [0.15, 0.2) is 0 Å². The molecule has 1 aromatic heterocycles. The number of anilines is 1. The van der Waals surface area contributed by atoms with E-state index in [1.165, 1.54) is 11.3 Å². The van der Waals surface area contributed by atoms with E-state index in [0.29, 0.717) is 10.9 Å². The molecule has 5 heteroatoms. The molecule has 1 atom stereocenters. The molecule has 0 radical (unpaired) electrons. The van der Waals surface area contributed by atoms with Crippen LogP contribution in [0.2, 0.25) is 8.67 Å². The zero-order valence-electron chi connectivity index (χ0n) is 11.7. The van der Waals surface area contributed by atoms with E-state index < -0.39 is 0 Å². The van der Waals surface area contributed by atoms with E-state index in [4.69, 9.17) is 27.9 Å². The van der Waals surface area contributed by atoms with Gasteiger partial charge in [0.1, 0.15) is 5.75 Å². The molecule has 108 valence electrons. The molecule has 2 aromatic rings. The Labute approximate surface area is 133 Å². The highest BCUT2D eigenvalue weighted by atomic mass is 35.5.